The molecule has 0 amide bonds. The van der Waals surface area contributed by atoms with Crippen LogP contribution in [0.4, 0.5) is 0 Å². The molecule has 0 aromatic heterocycles. The monoisotopic (exact) mass is 289 g/mol. The molecule has 0 bridgehead atoms. The molecule has 0 heterocycles. The Morgan fingerprint density at radius 2 is 2.14 bits per heavy atom. The lowest BCUT2D eigenvalue weighted by atomic mass is 10.1. The molecule has 2 aliphatic rings. The van der Waals surface area contributed by atoms with Crippen LogP contribution in [0.3, 0.4) is 0 Å². The number of amidine groups is 1. The molecule has 3 N–H and O–H groups in total. The second kappa shape index (κ2) is 5.93. The van der Waals surface area contributed by atoms with E-state index in [9.17, 15) is 0 Å². The van der Waals surface area contributed by atoms with Gasteiger partial charge in [-0.25, -0.2) is 0 Å². The van der Waals surface area contributed by atoms with Crippen molar-refractivity contribution in [2.24, 2.45) is 16.8 Å². The van der Waals surface area contributed by atoms with Gasteiger partial charge in [-0.05, 0) is 49.3 Å². The van der Waals surface area contributed by atoms with Crippen molar-refractivity contribution in [2.45, 2.75) is 38.3 Å². The van der Waals surface area contributed by atoms with Crippen molar-refractivity contribution in [1.29, 1.82) is 0 Å². The molecule has 3 rings (SSSR count). The summed E-state index contributed by atoms with van der Waals surface area (Å²) in [7, 11) is 1.59. The highest BCUT2D eigenvalue weighted by Gasteiger charge is 2.33. The SMILES string of the molecule is COc1ccc(CN(CC2CC2)C2CC2)cc1C(N)=NO. The van der Waals surface area contributed by atoms with Gasteiger partial charge in [-0.2, -0.15) is 0 Å². The molecule has 2 fully saturated rings. The standard InChI is InChI=1S/C16H23N3O2/c1-21-15-7-4-12(8-14(15)16(17)18-20)10-19(13-5-6-13)9-11-2-3-11/h4,7-8,11,13,20H,2-3,5-6,9-10H2,1H3,(H2,17,18). The Bertz CT molecular complexity index is 536. The average Bonchev–Trinajstić information content (AvgIpc) is 3.38. The van der Waals surface area contributed by atoms with Gasteiger partial charge < -0.3 is 15.7 Å². The van der Waals surface area contributed by atoms with Crippen molar-refractivity contribution in [3.63, 3.8) is 0 Å². The summed E-state index contributed by atoms with van der Waals surface area (Å²) in [6, 6.07) is 6.68. The fourth-order valence-corrected chi connectivity index (χ4v) is 2.76. The quantitative estimate of drug-likeness (QED) is 0.349. The Labute approximate surface area is 125 Å². The van der Waals surface area contributed by atoms with Gasteiger partial charge in [0, 0.05) is 19.1 Å². The van der Waals surface area contributed by atoms with Gasteiger partial charge in [-0.3, -0.25) is 4.90 Å². The number of benzene rings is 1. The van der Waals surface area contributed by atoms with Gasteiger partial charge in [-0.1, -0.05) is 11.2 Å². The van der Waals surface area contributed by atoms with Crippen LogP contribution in [0.15, 0.2) is 23.4 Å². The van der Waals surface area contributed by atoms with Crippen molar-refractivity contribution in [1.82, 2.24) is 4.90 Å². The first kappa shape index (κ1) is 14.2. The fourth-order valence-electron chi connectivity index (χ4n) is 2.76. The molecule has 0 unspecified atom stereocenters. The third-order valence-corrected chi connectivity index (χ3v) is 4.29. The van der Waals surface area contributed by atoms with E-state index in [4.69, 9.17) is 15.7 Å². The molecule has 21 heavy (non-hydrogen) atoms. The molecule has 0 atom stereocenters. The highest BCUT2D eigenvalue weighted by atomic mass is 16.5. The summed E-state index contributed by atoms with van der Waals surface area (Å²) in [5.74, 6) is 1.62. The fraction of sp³-hybridized carbons (Fsp3) is 0.562. The average molecular weight is 289 g/mol. The zero-order valence-corrected chi connectivity index (χ0v) is 12.5. The summed E-state index contributed by atoms with van der Waals surface area (Å²) >= 11 is 0. The van der Waals surface area contributed by atoms with Gasteiger partial charge in [0.05, 0.1) is 12.7 Å². The number of oxime groups is 1. The zero-order chi connectivity index (χ0) is 14.8. The largest absolute Gasteiger partial charge is 0.496 e. The minimum Gasteiger partial charge on any atom is -0.496 e. The van der Waals surface area contributed by atoms with Crippen molar-refractivity contribution < 1.29 is 9.94 Å². The summed E-state index contributed by atoms with van der Waals surface area (Å²) in [6.45, 7) is 2.13. The number of ether oxygens (including phenoxy) is 1. The maximum atomic E-state index is 8.90. The third-order valence-electron chi connectivity index (χ3n) is 4.29. The number of hydrogen-bond donors (Lipinski definition) is 2. The van der Waals surface area contributed by atoms with Gasteiger partial charge >= 0.3 is 0 Å². The number of rotatable bonds is 7. The second-order valence-electron chi connectivity index (χ2n) is 6.12. The molecule has 2 aliphatic carbocycles. The molecule has 5 heteroatoms. The molecule has 0 saturated heterocycles. The molecule has 0 aliphatic heterocycles. The minimum atomic E-state index is 0.0915. The Morgan fingerprint density at radius 1 is 1.38 bits per heavy atom. The van der Waals surface area contributed by atoms with Gasteiger partial charge in [0.2, 0.25) is 0 Å². The number of methoxy groups -OCH3 is 1. The number of nitrogens with zero attached hydrogens (tertiary/aromatic N) is 2. The lowest BCUT2D eigenvalue weighted by Crippen LogP contribution is -2.28. The van der Waals surface area contributed by atoms with Gasteiger partial charge in [0.15, 0.2) is 5.84 Å². The number of hydrogen-bond acceptors (Lipinski definition) is 4. The first-order valence-electron chi connectivity index (χ1n) is 7.60. The van der Waals surface area contributed by atoms with Gasteiger partial charge in [0.1, 0.15) is 5.75 Å². The molecule has 5 nitrogen and oxygen atoms in total. The molecular formula is C16H23N3O2. The summed E-state index contributed by atoms with van der Waals surface area (Å²) < 4.78 is 5.28. The van der Waals surface area contributed by atoms with Crippen molar-refractivity contribution in [2.75, 3.05) is 13.7 Å². The molecule has 114 valence electrons. The Morgan fingerprint density at radius 3 is 2.71 bits per heavy atom. The van der Waals surface area contributed by atoms with E-state index in [0.29, 0.717) is 11.3 Å². The highest BCUT2D eigenvalue weighted by molar-refractivity contribution is 5.99. The Hall–Kier alpha value is -1.75. The molecule has 2 saturated carbocycles. The first-order chi connectivity index (χ1) is 10.2. The predicted molar refractivity (Wildman–Crippen MR) is 81.7 cm³/mol. The molecule has 0 spiro atoms. The van der Waals surface area contributed by atoms with Crippen LogP contribution in [0.5, 0.6) is 5.75 Å². The van der Waals surface area contributed by atoms with Crippen molar-refractivity contribution in [3.8, 4) is 5.75 Å². The smallest absolute Gasteiger partial charge is 0.173 e. The summed E-state index contributed by atoms with van der Waals surface area (Å²) in [5.41, 5.74) is 7.58. The van der Waals surface area contributed by atoms with Gasteiger partial charge in [-0.15, -0.1) is 0 Å². The van der Waals surface area contributed by atoms with E-state index in [2.05, 4.69) is 16.1 Å². The van der Waals surface area contributed by atoms with E-state index in [1.807, 2.05) is 12.1 Å². The van der Waals surface area contributed by atoms with Crippen molar-refractivity contribution in [3.05, 3.63) is 29.3 Å². The summed E-state index contributed by atoms with van der Waals surface area (Å²) in [4.78, 5) is 2.58. The van der Waals surface area contributed by atoms with E-state index in [-0.39, 0.29) is 5.84 Å². The maximum absolute atomic E-state index is 8.90. The van der Waals surface area contributed by atoms with Crippen LogP contribution in [0.2, 0.25) is 0 Å². The molecular weight excluding hydrogens is 266 g/mol. The third kappa shape index (κ3) is 3.47. The Kier molecular flexibility index (Phi) is 4.01. The van der Waals surface area contributed by atoms with Crippen LogP contribution in [0, 0.1) is 5.92 Å². The first-order valence-corrected chi connectivity index (χ1v) is 7.60. The van der Waals surface area contributed by atoms with E-state index in [1.54, 1.807) is 7.11 Å². The van der Waals surface area contributed by atoms with Gasteiger partial charge in [0.25, 0.3) is 0 Å². The van der Waals surface area contributed by atoms with Crippen LogP contribution >= 0.6 is 0 Å². The normalized spacial score (nSPS) is 19.0. The van der Waals surface area contributed by atoms with Crippen LogP contribution in [0.1, 0.15) is 36.8 Å². The lowest BCUT2D eigenvalue weighted by molar-refractivity contribution is 0.244. The molecule has 1 aromatic carbocycles. The second-order valence-corrected chi connectivity index (χ2v) is 6.12. The summed E-state index contributed by atoms with van der Waals surface area (Å²) in [5, 5.41) is 12.0. The Balaban J connectivity index is 1.77. The highest BCUT2D eigenvalue weighted by Crippen LogP contribution is 2.36. The molecule has 1 aromatic rings. The van der Waals surface area contributed by atoms with Crippen LogP contribution in [-0.4, -0.2) is 35.6 Å². The van der Waals surface area contributed by atoms with Crippen molar-refractivity contribution >= 4 is 5.84 Å². The van der Waals surface area contributed by atoms with E-state index < -0.39 is 0 Å². The predicted octanol–water partition coefficient (Wildman–Crippen LogP) is 2.16. The minimum absolute atomic E-state index is 0.0915. The van der Waals surface area contributed by atoms with E-state index >= 15 is 0 Å². The maximum Gasteiger partial charge on any atom is 0.173 e. The van der Waals surface area contributed by atoms with E-state index in [0.717, 1.165) is 18.5 Å². The van der Waals surface area contributed by atoms with Crippen LogP contribution in [0.25, 0.3) is 0 Å². The van der Waals surface area contributed by atoms with E-state index in [1.165, 1.54) is 37.8 Å². The molecule has 0 radical (unpaired) electrons. The lowest BCUT2D eigenvalue weighted by Gasteiger charge is -2.22. The van der Waals surface area contributed by atoms with Crippen LogP contribution < -0.4 is 10.5 Å². The summed E-state index contributed by atoms with van der Waals surface area (Å²) in [6.07, 6.45) is 5.38. The zero-order valence-electron chi connectivity index (χ0n) is 12.5. The topological polar surface area (TPSA) is 71.1 Å². The number of nitrogens with two attached hydrogens (primary N) is 1. The van der Waals surface area contributed by atoms with Crippen LogP contribution in [-0.2, 0) is 6.54 Å².